The molecule has 1 aliphatic heterocycles. The van der Waals surface area contributed by atoms with E-state index in [9.17, 15) is 29.3 Å². The van der Waals surface area contributed by atoms with Gasteiger partial charge in [-0.15, -0.1) is 0 Å². The van der Waals surface area contributed by atoms with Gasteiger partial charge in [0.1, 0.15) is 12.1 Å². The van der Waals surface area contributed by atoms with Crippen LogP contribution in [0.4, 0.5) is 11.4 Å². The standard InChI is InChI=1S/C25H19N3O7/c1-15(23(30)26-19-12-6-5-10-17(19)16-8-3-2-4-9-16)35-21(29)14-27-24(31)18-11-7-13-20(28(33)34)22(18)25(27)32/h2-13,15H,14H2,1H3,(H,26,30). The quantitative estimate of drug-likeness (QED) is 0.240. The third kappa shape index (κ3) is 4.62. The second-order valence-corrected chi connectivity index (χ2v) is 7.69. The molecule has 10 heteroatoms. The van der Waals surface area contributed by atoms with Crippen LogP contribution in [0.3, 0.4) is 0 Å². The van der Waals surface area contributed by atoms with Crippen LogP contribution in [0.15, 0.2) is 72.8 Å². The first-order valence-corrected chi connectivity index (χ1v) is 10.6. The number of nitro benzene ring substituents is 1. The van der Waals surface area contributed by atoms with Crippen molar-refractivity contribution in [2.24, 2.45) is 0 Å². The lowest BCUT2D eigenvalue weighted by atomic mass is 10.0. The summed E-state index contributed by atoms with van der Waals surface area (Å²) in [6, 6.07) is 20.2. The molecule has 0 fully saturated rings. The summed E-state index contributed by atoms with van der Waals surface area (Å²) in [6.45, 7) is 0.563. The maximum absolute atomic E-state index is 12.7. The summed E-state index contributed by atoms with van der Waals surface area (Å²) in [5.41, 5.74) is 1.10. The van der Waals surface area contributed by atoms with E-state index < -0.39 is 47.0 Å². The molecule has 1 heterocycles. The normalized spacial score (nSPS) is 13.2. The van der Waals surface area contributed by atoms with Gasteiger partial charge in [0, 0.05) is 17.3 Å². The minimum Gasteiger partial charge on any atom is -0.451 e. The van der Waals surface area contributed by atoms with Gasteiger partial charge >= 0.3 is 5.97 Å². The van der Waals surface area contributed by atoms with Crippen molar-refractivity contribution in [3.8, 4) is 11.1 Å². The van der Waals surface area contributed by atoms with Crippen LogP contribution in [0.2, 0.25) is 0 Å². The van der Waals surface area contributed by atoms with Gasteiger partial charge in [-0.25, -0.2) is 0 Å². The summed E-state index contributed by atoms with van der Waals surface area (Å²) in [4.78, 5) is 61.3. The Bertz CT molecular complexity index is 1350. The van der Waals surface area contributed by atoms with Crippen LogP contribution in [-0.4, -0.2) is 46.2 Å². The van der Waals surface area contributed by atoms with Crippen LogP contribution in [-0.2, 0) is 14.3 Å². The van der Waals surface area contributed by atoms with E-state index in [2.05, 4.69) is 5.32 Å². The second-order valence-electron chi connectivity index (χ2n) is 7.69. The van der Waals surface area contributed by atoms with Crippen LogP contribution in [0.25, 0.3) is 11.1 Å². The van der Waals surface area contributed by atoms with Gasteiger partial charge in [-0.05, 0) is 24.6 Å². The predicted molar refractivity (Wildman–Crippen MR) is 125 cm³/mol. The number of nitrogens with zero attached hydrogens (tertiary/aromatic N) is 2. The number of hydrogen-bond donors (Lipinski definition) is 1. The fraction of sp³-hybridized carbons (Fsp3) is 0.120. The number of carbonyl (C=O) groups excluding carboxylic acids is 4. The average molecular weight is 473 g/mol. The molecule has 0 bridgehead atoms. The number of esters is 1. The maximum Gasteiger partial charge on any atom is 0.326 e. The zero-order chi connectivity index (χ0) is 25.1. The molecule has 1 N–H and O–H groups in total. The molecule has 4 rings (SSSR count). The Labute approximate surface area is 199 Å². The number of fused-ring (bicyclic) bond motifs is 1. The third-order valence-corrected chi connectivity index (χ3v) is 5.41. The fourth-order valence-corrected chi connectivity index (χ4v) is 3.72. The molecule has 0 radical (unpaired) electrons. The van der Waals surface area contributed by atoms with E-state index in [1.54, 1.807) is 12.1 Å². The van der Waals surface area contributed by atoms with Crippen molar-refractivity contribution >= 4 is 35.1 Å². The molecule has 0 aromatic heterocycles. The van der Waals surface area contributed by atoms with Crippen molar-refractivity contribution < 1.29 is 28.8 Å². The number of benzene rings is 3. The zero-order valence-electron chi connectivity index (χ0n) is 18.5. The van der Waals surface area contributed by atoms with E-state index in [-0.39, 0.29) is 11.1 Å². The van der Waals surface area contributed by atoms with E-state index in [0.29, 0.717) is 10.6 Å². The number of rotatable bonds is 7. The second kappa shape index (κ2) is 9.56. The monoisotopic (exact) mass is 473 g/mol. The Morgan fingerprint density at radius 2 is 1.60 bits per heavy atom. The number of carbonyl (C=O) groups is 4. The van der Waals surface area contributed by atoms with E-state index in [4.69, 9.17) is 4.74 Å². The molecule has 35 heavy (non-hydrogen) atoms. The SMILES string of the molecule is CC(OC(=O)CN1C(=O)c2cccc([N+](=O)[O-])c2C1=O)C(=O)Nc1ccccc1-c1ccccc1. The zero-order valence-corrected chi connectivity index (χ0v) is 18.5. The Kier molecular flexibility index (Phi) is 6.36. The highest BCUT2D eigenvalue weighted by molar-refractivity contribution is 6.24. The van der Waals surface area contributed by atoms with Crippen LogP contribution in [0.1, 0.15) is 27.6 Å². The molecule has 3 aromatic carbocycles. The van der Waals surface area contributed by atoms with Gasteiger partial charge in [0.25, 0.3) is 23.4 Å². The number of imide groups is 1. The number of amides is 3. The first-order chi connectivity index (χ1) is 16.8. The Morgan fingerprint density at radius 1 is 0.943 bits per heavy atom. The van der Waals surface area contributed by atoms with Crippen molar-refractivity contribution in [2.75, 3.05) is 11.9 Å². The number of anilines is 1. The van der Waals surface area contributed by atoms with Crippen LogP contribution in [0.5, 0.6) is 0 Å². The van der Waals surface area contributed by atoms with Gasteiger partial charge in [0.15, 0.2) is 6.10 Å². The van der Waals surface area contributed by atoms with Crippen molar-refractivity contribution in [3.05, 3.63) is 94.0 Å². The molecule has 0 spiro atoms. The Morgan fingerprint density at radius 3 is 2.31 bits per heavy atom. The Balaban J connectivity index is 1.42. The highest BCUT2D eigenvalue weighted by Crippen LogP contribution is 2.31. The van der Waals surface area contributed by atoms with Gasteiger partial charge in [0.05, 0.1) is 10.5 Å². The highest BCUT2D eigenvalue weighted by atomic mass is 16.6. The third-order valence-electron chi connectivity index (χ3n) is 5.41. The van der Waals surface area contributed by atoms with Gasteiger partial charge in [-0.3, -0.25) is 34.2 Å². The lowest BCUT2D eigenvalue weighted by molar-refractivity contribution is -0.385. The van der Waals surface area contributed by atoms with Gasteiger partial charge in [-0.2, -0.15) is 0 Å². The number of nitrogens with one attached hydrogen (secondary N) is 1. The molecule has 3 amide bonds. The minimum absolute atomic E-state index is 0.166. The molecule has 0 aliphatic carbocycles. The van der Waals surface area contributed by atoms with Gasteiger partial charge < -0.3 is 10.1 Å². The molecule has 1 aliphatic rings. The van der Waals surface area contributed by atoms with E-state index in [1.165, 1.54) is 19.1 Å². The van der Waals surface area contributed by atoms with E-state index in [0.717, 1.165) is 17.2 Å². The highest BCUT2D eigenvalue weighted by Gasteiger charge is 2.42. The molecule has 0 saturated heterocycles. The van der Waals surface area contributed by atoms with Gasteiger partial charge in [0.2, 0.25) is 0 Å². The number of nitro groups is 1. The topological polar surface area (TPSA) is 136 Å². The van der Waals surface area contributed by atoms with Crippen LogP contribution in [0, 0.1) is 10.1 Å². The summed E-state index contributed by atoms with van der Waals surface area (Å²) < 4.78 is 5.13. The number of ether oxygens (including phenoxy) is 1. The first kappa shape index (κ1) is 23.3. The molecule has 3 aromatic rings. The van der Waals surface area contributed by atoms with Crippen molar-refractivity contribution in [1.82, 2.24) is 4.90 Å². The molecular formula is C25H19N3O7. The average Bonchev–Trinajstić information content (AvgIpc) is 3.09. The summed E-state index contributed by atoms with van der Waals surface area (Å²) in [7, 11) is 0. The summed E-state index contributed by atoms with van der Waals surface area (Å²) in [5.74, 6) is -3.44. The lowest BCUT2D eigenvalue weighted by Crippen LogP contribution is -2.38. The van der Waals surface area contributed by atoms with Crippen LogP contribution >= 0.6 is 0 Å². The molecule has 1 unspecified atom stereocenters. The maximum atomic E-state index is 12.7. The van der Waals surface area contributed by atoms with Gasteiger partial charge in [-0.1, -0.05) is 54.6 Å². The number of hydrogen-bond acceptors (Lipinski definition) is 7. The van der Waals surface area contributed by atoms with E-state index >= 15 is 0 Å². The van der Waals surface area contributed by atoms with Crippen molar-refractivity contribution in [1.29, 1.82) is 0 Å². The predicted octanol–water partition coefficient (Wildman–Crippen LogP) is 3.43. The summed E-state index contributed by atoms with van der Waals surface area (Å²) in [5, 5.41) is 13.9. The van der Waals surface area contributed by atoms with Crippen LogP contribution < -0.4 is 5.32 Å². The smallest absolute Gasteiger partial charge is 0.326 e. The minimum atomic E-state index is -1.24. The fourth-order valence-electron chi connectivity index (χ4n) is 3.72. The molecule has 1 atom stereocenters. The number of para-hydroxylation sites is 1. The van der Waals surface area contributed by atoms with Crippen molar-refractivity contribution in [3.63, 3.8) is 0 Å². The molecular weight excluding hydrogens is 454 g/mol. The van der Waals surface area contributed by atoms with E-state index in [1.807, 2.05) is 42.5 Å². The molecule has 10 nitrogen and oxygen atoms in total. The molecule has 176 valence electrons. The lowest BCUT2D eigenvalue weighted by Gasteiger charge is -2.18. The summed E-state index contributed by atoms with van der Waals surface area (Å²) >= 11 is 0. The van der Waals surface area contributed by atoms with Crippen molar-refractivity contribution in [2.45, 2.75) is 13.0 Å². The molecule has 0 saturated carbocycles. The Hall–Kier alpha value is -4.86. The summed E-state index contributed by atoms with van der Waals surface area (Å²) in [6.07, 6.45) is -1.24. The largest absolute Gasteiger partial charge is 0.451 e. The first-order valence-electron chi connectivity index (χ1n) is 10.6.